The van der Waals surface area contributed by atoms with E-state index in [9.17, 15) is 9.59 Å². The Balaban J connectivity index is 2.64. The highest BCUT2D eigenvalue weighted by Crippen LogP contribution is 2.10. The summed E-state index contributed by atoms with van der Waals surface area (Å²) >= 11 is 0. The molecule has 1 unspecified atom stereocenters. The summed E-state index contributed by atoms with van der Waals surface area (Å²) in [6.45, 7) is 3.54. The molecule has 0 bridgehead atoms. The van der Waals surface area contributed by atoms with Crippen molar-refractivity contribution in [3.05, 3.63) is 23.7 Å². The van der Waals surface area contributed by atoms with Gasteiger partial charge in [0.25, 0.3) is 5.91 Å². The van der Waals surface area contributed by atoms with Gasteiger partial charge >= 0.3 is 5.97 Å². The Hall–Kier alpha value is -1.78. The van der Waals surface area contributed by atoms with Crippen molar-refractivity contribution >= 4 is 11.9 Å². The van der Waals surface area contributed by atoms with Gasteiger partial charge in [-0.25, -0.2) is 0 Å². The number of amides is 1. The Kier molecular flexibility index (Phi) is 3.71. The molecule has 1 aromatic heterocycles. The molecule has 0 radical (unpaired) electrons. The average molecular weight is 225 g/mol. The maximum Gasteiger partial charge on any atom is 0.308 e. The van der Waals surface area contributed by atoms with E-state index in [2.05, 4.69) is 0 Å². The lowest BCUT2D eigenvalue weighted by atomic mass is 10.1. The Morgan fingerprint density at radius 2 is 2.19 bits per heavy atom. The van der Waals surface area contributed by atoms with Gasteiger partial charge in [-0.2, -0.15) is 0 Å². The largest absolute Gasteiger partial charge is 0.481 e. The average Bonchev–Trinajstić information content (AvgIpc) is 2.63. The van der Waals surface area contributed by atoms with Crippen molar-refractivity contribution in [1.29, 1.82) is 0 Å². The maximum absolute atomic E-state index is 11.8. The molecule has 0 saturated heterocycles. The number of carbonyl (C=O) groups excluding carboxylic acids is 1. The molecule has 1 atom stereocenters. The van der Waals surface area contributed by atoms with Crippen molar-refractivity contribution in [2.45, 2.75) is 13.8 Å². The van der Waals surface area contributed by atoms with Gasteiger partial charge in [-0.05, 0) is 18.6 Å². The highest BCUT2D eigenvalue weighted by molar-refractivity contribution is 5.91. The molecule has 0 aliphatic heterocycles. The summed E-state index contributed by atoms with van der Waals surface area (Å²) in [5, 5.41) is 8.73. The third-order valence-electron chi connectivity index (χ3n) is 2.26. The van der Waals surface area contributed by atoms with Gasteiger partial charge in [0.2, 0.25) is 0 Å². The topological polar surface area (TPSA) is 70.8 Å². The van der Waals surface area contributed by atoms with Crippen LogP contribution >= 0.6 is 0 Å². The number of aryl methyl sites for hydroxylation is 1. The molecule has 1 N–H and O–H groups in total. The van der Waals surface area contributed by atoms with Crippen molar-refractivity contribution in [3.8, 4) is 0 Å². The minimum Gasteiger partial charge on any atom is -0.481 e. The molecule has 0 fully saturated rings. The minimum atomic E-state index is -0.921. The van der Waals surface area contributed by atoms with E-state index in [4.69, 9.17) is 9.52 Å². The first-order valence-electron chi connectivity index (χ1n) is 4.95. The van der Waals surface area contributed by atoms with Crippen LogP contribution in [-0.2, 0) is 4.79 Å². The Bertz CT molecular complexity index is 396. The van der Waals surface area contributed by atoms with Crippen LogP contribution in [-0.4, -0.2) is 35.5 Å². The van der Waals surface area contributed by atoms with Crippen LogP contribution in [0, 0.1) is 12.8 Å². The highest BCUT2D eigenvalue weighted by Gasteiger charge is 2.20. The Morgan fingerprint density at radius 1 is 1.56 bits per heavy atom. The molecule has 5 nitrogen and oxygen atoms in total. The van der Waals surface area contributed by atoms with E-state index in [1.54, 1.807) is 20.0 Å². The van der Waals surface area contributed by atoms with Crippen LogP contribution in [0.2, 0.25) is 0 Å². The molecule has 0 aromatic carbocycles. The van der Waals surface area contributed by atoms with Crippen molar-refractivity contribution < 1.29 is 19.1 Å². The zero-order valence-corrected chi connectivity index (χ0v) is 9.56. The van der Waals surface area contributed by atoms with Crippen molar-refractivity contribution in [2.75, 3.05) is 13.6 Å². The molecule has 0 aliphatic rings. The second-order valence-corrected chi connectivity index (χ2v) is 3.91. The van der Waals surface area contributed by atoms with Crippen LogP contribution in [0.25, 0.3) is 0 Å². The number of carbonyl (C=O) groups is 2. The summed E-state index contributed by atoms with van der Waals surface area (Å²) in [7, 11) is 1.56. The van der Waals surface area contributed by atoms with Crippen LogP contribution < -0.4 is 0 Å². The standard InChI is InChI=1S/C11H15NO4/c1-7-4-9(16-6-7)10(13)12(3)5-8(2)11(14)15/h4,6,8H,5H2,1-3H3,(H,14,15). The van der Waals surface area contributed by atoms with E-state index in [1.807, 2.05) is 6.92 Å². The fraction of sp³-hybridized carbons (Fsp3) is 0.455. The fourth-order valence-electron chi connectivity index (χ4n) is 1.30. The highest BCUT2D eigenvalue weighted by atomic mass is 16.4. The molecule has 16 heavy (non-hydrogen) atoms. The first kappa shape index (κ1) is 12.3. The fourth-order valence-corrected chi connectivity index (χ4v) is 1.30. The van der Waals surface area contributed by atoms with E-state index in [1.165, 1.54) is 11.2 Å². The third kappa shape index (κ3) is 2.85. The molecule has 88 valence electrons. The quantitative estimate of drug-likeness (QED) is 0.840. The second kappa shape index (κ2) is 4.83. The second-order valence-electron chi connectivity index (χ2n) is 3.91. The van der Waals surface area contributed by atoms with Crippen molar-refractivity contribution in [2.24, 2.45) is 5.92 Å². The first-order chi connectivity index (χ1) is 7.41. The van der Waals surface area contributed by atoms with Crippen LogP contribution in [0.4, 0.5) is 0 Å². The molecule has 1 aromatic rings. The Labute approximate surface area is 93.7 Å². The van der Waals surface area contributed by atoms with Gasteiger partial charge in [0, 0.05) is 13.6 Å². The molecule has 5 heteroatoms. The number of nitrogens with zero attached hydrogens (tertiary/aromatic N) is 1. The molecule has 0 saturated carbocycles. The van der Waals surface area contributed by atoms with Gasteiger partial charge in [-0.3, -0.25) is 9.59 Å². The monoisotopic (exact) mass is 225 g/mol. The minimum absolute atomic E-state index is 0.161. The number of aliphatic carboxylic acids is 1. The van der Waals surface area contributed by atoms with Gasteiger partial charge < -0.3 is 14.4 Å². The molecule has 0 spiro atoms. The smallest absolute Gasteiger partial charge is 0.308 e. The van der Waals surface area contributed by atoms with Crippen LogP contribution in [0.5, 0.6) is 0 Å². The molecular weight excluding hydrogens is 210 g/mol. The molecule has 0 aliphatic carbocycles. The number of carboxylic acid groups (broad SMARTS) is 1. The van der Waals surface area contributed by atoms with E-state index < -0.39 is 11.9 Å². The molecule has 1 heterocycles. The number of carboxylic acids is 1. The van der Waals surface area contributed by atoms with E-state index in [0.717, 1.165) is 5.56 Å². The van der Waals surface area contributed by atoms with Gasteiger partial charge in [0.1, 0.15) is 0 Å². The summed E-state index contributed by atoms with van der Waals surface area (Å²) < 4.78 is 5.05. The van der Waals surface area contributed by atoms with Crippen LogP contribution in [0.1, 0.15) is 23.0 Å². The SMILES string of the molecule is Cc1coc(C(=O)N(C)CC(C)C(=O)O)c1. The Morgan fingerprint density at radius 3 is 2.62 bits per heavy atom. The summed E-state index contributed by atoms with van der Waals surface area (Å²) in [5.74, 6) is -1.58. The van der Waals surface area contributed by atoms with E-state index in [0.29, 0.717) is 0 Å². The first-order valence-corrected chi connectivity index (χ1v) is 4.95. The zero-order valence-electron chi connectivity index (χ0n) is 9.56. The van der Waals surface area contributed by atoms with Gasteiger partial charge in [0.15, 0.2) is 5.76 Å². The van der Waals surface area contributed by atoms with E-state index in [-0.39, 0.29) is 18.2 Å². The van der Waals surface area contributed by atoms with Gasteiger partial charge in [-0.15, -0.1) is 0 Å². The number of hydrogen-bond acceptors (Lipinski definition) is 3. The normalized spacial score (nSPS) is 12.2. The number of furan rings is 1. The summed E-state index contributed by atoms with van der Waals surface area (Å²) in [4.78, 5) is 23.7. The zero-order chi connectivity index (χ0) is 12.3. The molecule has 1 rings (SSSR count). The lowest BCUT2D eigenvalue weighted by molar-refractivity contribution is -0.141. The van der Waals surface area contributed by atoms with Crippen LogP contribution in [0.15, 0.2) is 16.7 Å². The van der Waals surface area contributed by atoms with E-state index >= 15 is 0 Å². The lowest BCUT2D eigenvalue weighted by Gasteiger charge is -2.17. The van der Waals surface area contributed by atoms with Gasteiger partial charge in [-0.1, -0.05) is 6.92 Å². The third-order valence-corrected chi connectivity index (χ3v) is 2.26. The summed E-state index contributed by atoms with van der Waals surface area (Å²) in [6, 6.07) is 1.63. The summed E-state index contributed by atoms with van der Waals surface area (Å²) in [6.07, 6.45) is 1.49. The lowest BCUT2D eigenvalue weighted by Crippen LogP contribution is -2.33. The number of hydrogen-bond donors (Lipinski definition) is 1. The number of rotatable bonds is 4. The predicted octanol–water partition coefficient (Wildman–Crippen LogP) is 1.38. The summed E-state index contributed by atoms with van der Waals surface area (Å²) in [5.41, 5.74) is 0.864. The molecular formula is C11H15NO4. The van der Waals surface area contributed by atoms with Crippen molar-refractivity contribution in [3.63, 3.8) is 0 Å². The molecule has 1 amide bonds. The van der Waals surface area contributed by atoms with Gasteiger partial charge in [0.05, 0.1) is 12.2 Å². The van der Waals surface area contributed by atoms with Crippen molar-refractivity contribution in [1.82, 2.24) is 4.90 Å². The van der Waals surface area contributed by atoms with Crippen LogP contribution in [0.3, 0.4) is 0 Å². The predicted molar refractivity (Wildman–Crippen MR) is 57.2 cm³/mol. The maximum atomic E-state index is 11.8.